The molecule has 1 unspecified atom stereocenters. The minimum atomic E-state index is 0.0737. The molecule has 0 saturated heterocycles. The van der Waals surface area contributed by atoms with Crippen LogP contribution in [0.3, 0.4) is 0 Å². The van der Waals surface area contributed by atoms with Crippen LogP contribution in [0.2, 0.25) is 5.02 Å². The van der Waals surface area contributed by atoms with Crippen LogP contribution in [0.25, 0.3) is 0 Å². The largest absolute Gasteiger partial charge is 0.305 e. The molecule has 0 aliphatic heterocycles. The third-order valence-corrected chi connectivity index (χ3v) is 3.91. The van der Waals surface area contributed by atoms with Gasteiger partial charge in [-0.1, -0.05) is 42.8 Å². The van der Waals surface area contributed by atoms with Crippen LogP contribution in [0.1, 0.15) is 49.6 Å². The molecule has 0 spiro atoms. The van der Waals surface area contributed by atoms with Gasteiger partial charge in [-0.05, 0) is 43.5 Å². The van der Waals surface area contributed by atoms with Gasteiger partial charge in [0.1, 0.15) is 0 Å². The number of benzene rings is 1. The molecule has 1 N–H and O–H groups in total. The van der Waals surface area contributed by atoms with Gasteiger partial charge in [0.15, 0.2) is 0 Å². The number of halogens is 1. The molecule has 0 radical (unpaired) electrons. The van der Waals surface area contributed by atoms with Crippen molar-refractivity contribution in [1.29, 1.82) is 0 Å². The average Bonchev–Trinajstić information content (AvgIpc) is 2.92. The molecule has 2 aromatic rings. The van der Waals surface area contributed by atoms with Gasteiger partial charge in [-0.15, -0.1) is 5.10 Å². The molecular formula is C16H23ClN4. The van der Waals surface area contributed by atoms with E-state index in [1.165, 1.54) is 0 Å². The van der Waals surface area contributed by atoms with Crippen molar-refractivity contribution in [1.82, 2.24) is 20.3 Å². The summed E-state index contributed by atoms with van der Waals surface area (Å²) in [7, 11) is 0. The number of hydrogen-bond acceptors (Lipinski definition) is 3. The summed E-state index contributed by atoms with van der Waals surface area (Å²) in [5.41, 5.74) is 3.33. The fourth-order valence-corrected chi connectivity index (χ4v) is 2.53. The Morgan fingerprint density at radius 1 is 1.29 bits per heavy atom. The minimum absolute atomic E-state index is 0.0737. The summed E-state index contributed by atoms with van der Waals surface area (Å²) in [6.45, 7) is 8.13. The SMILES string of the molecule is CCCNC(c1ccc(C)c(Cl)c1)c1cnnn1CCC. The van der Waals surface area contributed by atoms with E-state index in [0.29, 0.717) is 0 Å². The zero-order chi connectivity index (χ0) is 15.2. The molecule has 0 aliphatic rings. The molecule has 0 fully saturated rings. The summed E-state index contributed by atoms with van der Waals surface area (Å²) < 4.78 is 1.97. The summed E-state index contributed by atoms with van der Waals surface area (Å²) in [5, 5.41) is 12.6. The number of aromatic nitrogens is 3. The highest BCUT2D eigenvalue weighted by atomic mass is 35.5. The van der Waals surface area contributed by atoms with Crippen LogP contribution in [-0.4, -0.2) is 21.5 Å². The van der Waals surface area contributed by atoms with Crippen LogP contribution in [0.4, 0.5) is 0 Å². The van der Waals surface area contributed by atoms with Crippen molar-refractivity contribution < 1.29 is 0 Å². The first-order valence-corrected chi connectivity index (χ1v) is 7.93. The second kappa shape index (κ2) is 7.57. The summed E-state index contributed by atoms with van der Waals surface area (Å²) in [4.78, 5) is 0. The van der Waals surface area contributed by atoms with Crippen molar-refractivity contribution in [2.24, 2.45) is 0 Å². The average molecular weight is 307 g/mol. The van der Waals surface area contributed by atoms with E-state index in [9.17, 15) is 0 Å². The Balaban J connectivity index is 2.37. The molecule has 1 heterocycles. The smallest absolute Gasteiger partial charge is 0.0802 e. The summed E-state index contributed by atoms with van der Waals surface area (Å²) in [5.74, 6) is 0. The van der Waals surface area contributed by atoms with E-state index < -0.39 is 0 Å². The number of aryl methyl sites for hydroxylation is 2. The molecule has 5 heteroatoms. The number of hydrogen-bond donors (Lipinski definition) is 1. The third-order valence-electron chi connectivity index (χ3n) is 3.51. The topological polar surface area (TPSA) is 42.7 Å². The Hall–Kier alpha value is -1.39. The molecule has 0 bridgehead atoms. The van der Waals surface area contributed by atoms with Gasteiger partial charge in [0, 0.05) is 11.6 Å². The van der Waals surface area contributed by atoms with E-state index in [4.69, 9.17) is 11.6 Å². The maximum atomic E-state index is 6.29. The first-order valence-electron chi connectivity index (χ1n) is 7.55. The zero-order valence-electron chi connectivity index (χ0n) is 12.9. The monoisotopic (exact) mass is 306 g/mol. The lowest BCUT2D eigenvalue weighted by Crippen LogP contribution is -2.26. The van der Waals surface area contributed by atoms with Gasteiger partial charge in [0.05, 0.1) is 17.9 Å². The lowest BCUT2D eigenvalue weighted by molar-refractivity contribution is 0.504. The van der Waals surface area contributed by atoms with Crippen molar-refractivity contribution >= 4 is 11.6 Å². The molecule has 2 rings (SSSR count). The van der Waals surface area contributed by atoms with Gasteiger partial charge in [-0.3, -0.25) is 0 Å². The summed E-state index contributed by atoms with van der Waals surface area (Å²) >= 11 is 6.29. The van der Waals surface area contributed by atoms with Crippen molar-refractivity contribution in [3.8, 4) is 0 Å². The number of nitrogens with one attached hydrogen (secondary N) is 1. The van der Waals surface area contributed by atoms with Crippen LogP contribution in [0.5, 0.6) is 0 Å². The highest BCUT2D eigenvalue weighted by Crippen LogP contribution is 2.26. The molecule has 0 amide bonds. The van der Waals surface area contributed by atoms with Crippen molar-refractivity contribution in [2.45, 2.75) is 46.2 Å². The maximum absolute atomic E-state index is 6.29. The van der Waals surface area contributed by atoms with Crippen LogP contribution in [-0.2, 0) is 6.54 Å². The molecule has 0 aliphatic carbocycles. The minimum Gasteiger partial charge on any atom is -0.305 e. The molecule has 114 valence electrons. The fourth-order valence-electron chi connectivity index (χ4n) is 2.35. The van der Waals surface area contributed by atoms with E-state index in [1.807, 2.05) is 23.9 Å². The van der Waals surface area contributed by atoms with E-state index >= 15 is 0 Å². The molecule has 4 nitrogen and oxygen atoms in total. The first kappa shape index (κ1) is 16.0. The van der Waals surface area contributed by atoms with Crippen molar-refractivity contribution in [3.05, 3.63) is 46.2 Å². The lowest BCUT2D eigenvalue weighted by Gasteiger charge is -2.20. The van der Waals surface area contributed by atoms with Crippen LogP contribution >= 0.6 is 11.6 Å². The van der Waals surface area contributed by atoms with Gasteiger partial charge >= 0.3 is 0 Å². The Morgan fingerprint density at radius 2 is 2.10 bits per heavy atom. The van der Waals surface area contributed by atoms with Crippen LogP contribution < -0.4 is 5.32 Å². The Kier molecular flexibility index (Phi) is 5.76. The molecule has 1 aromatic heterocycles. The molecular weight excluding hydrogens is 284 g/mol. The normalized spacial score (nSPS) is 12.6. The maximum Gasteiger partial charge on any atom is 0.0802 e. The van der Waals surface area contributed by atoms with Gasteiger partial charge in [-0.25, -0.2) is 4.68 Å². The van der Waals surface area contributed by atoms with Crippen molar-refractivity contribution in [2.75, 3.05) is 6.54 Å². The standard InChI is InChI=1S/C16H23ClN4/c1-4-8-18-16(13-7-6-12(3)14(17)10-13)15-11-19-20-21(15)9-5-2/h6-7,10-11,16,18H,4-5,8-9H2,1-3H3. The quantitative estimate of drug-likeness (QED) is 0.847. The lowest BCUT2D eigenvalue weighted by atomic mass is 10.0. The second-order valence-electron chi connectivity index (χ2n) is 5.28. The van der Waals surface area contributed by atoms with E-state index in [-0.39, 0.29) is 6.04 Å². The highest BCUT2D eigenvalue weighted by Gasteiger charge is 2.19. The van der Waals surface area contributed by atoms with Crippen LogP contribution in [0, 0.1) is 6.92 Å². The highest BCUT2D eigenvalue weighted by molar-refractivity contribution is 6.31. The number of rotatable bonds is 7. The zero-order valence-corrected chi connectivity index (χ0v) is 13.7. The fraction of sp³-hybridized carbons (Fsp3) is 0.500. The molecule has 1 aromatic carbocycles. The number of nitrogens with zero attached hydrogens (tertiary/aromatic N) is 3. The van der Waals surface area contributed by atoms with Gasteiger partial charge in [0.2, 0.25) is 0 Å². The third kappa shape index (κ3) is 3.83. The first-order chi connectivity index (χ1) is 10.2. The van der Waals surface area contributed by atoms with E-state index in [2.05, 4.69) is 41.6 Å². The summed E-state index contributed by atoms with van der Waals surface area (Å²) in [6.07, 6.45) is 3.95. The molecule has 0 saturated carbocycles. The predicted octanol–water partition coefficient (Wildman–Crippen LogP) is 3.74. The Morgan fingerprint density at radius 3 is 2.76 bits per heavy atom. The van der Waals surface area contributed by atoms with Crippen LogP contribution in [0.15, 0.2) is 24.4 Å². The molecule has 1 atom stereocenters. The van der Waals surface area contributed by atoms with Gasteiger partial charge in [-0.2, -0.15) is 0 Å². The van der Waals surface area contributed by atoms with Crippen molar-refractivity contribution in [3.63, 3.8) is 0 Å². The Bertz CT molecular complexity index is 579. The predicted molar refractivity (Wildman–Crippen MR) is 86.6 cm³/mol. The molecule has 21 heavy (non-hydrogen) atoms. The van der Waals surface area contributed by atoms with E-state index in [1.54, 1.807) is 0 Å². The van der Waals surface area contributed by atoms with Gasteiger partial charge in [0.25, 0.3) is 0 Å². The Labute approximate surface area is 131 Å². The summed E-state index contributed by atoms with van der Waals surface area (Å²) in [6, 6.07) is 6.29. The van der Waals surface area contributed by atoms with Gasteiger partial charge < -0.3 is 5.32 Å². The second-order valence-corrected chi connectivity index (χ2v) is 5.68. The van der Waals surface area contributed by atoms with E-state index in [0.717, 1.165) is 47.8 Å².